The fourth-order valence-corrected chi connectivity index (χ4v) is 3.79. The number of benzene rings is 1. The van der Waals surface area contributed by atoms with E-state index in [1.807, 2.05) is 36.0 Å². The molecular weight excluding hydrogens is 366 g/mol. The zero-order valence-electron chi connectivity index (χ0n) is 17.9. The first-order valence-electron chi connectivity index (χ1n) is 11.0. The van der Waals surface area contributed by atoms with Gasteiger partial charge in [-0.3, -0.25) is 4.68 Å². The zero-order chi connectivity index (χ0) is 20.6. The normalized spacial score (nSPS) is 25.8. The van der Waals surface area contributed by atoms with Crippen LogP contribution in [0.5, 0.6) is 0 Å². The molecular formula is C23H35N3O3. The van der Waals surface area contributed by atoms with Gasteiger partial charge in [0.05, 0.1) is 24.5 Å². The van der Waals surface area contributed by atoms with E-state index in [1.54, 1.807) is 0 Å². The zero-order valence-corrected chi connectivity index (χ0v) is 17.9. The van der Waals surface area contributed by atoms with Crippen LogP contribution < -0.4 is 0 Å². The summed E-state index contributed by atoms with van der Waals surface area (Å²) in [4.78, 5) is 0. The third-order valence-corrected chi connectivity index (χ3v) is 5.69. The van der Waals surface area contributed by atoms with Gasteiger partial charge in [0.2, 0.25) is 0 Å². The van der Waals surface area contributed by atoms with Crippen molar-refractivity contribution in [2.24, 2.45) is 5.92 Å². The molecule has 0 spiro atoms. The van der Waals surface area contributed by atoms with Crippen molar-refractivity contribution in [3.8, 4) is 11.3 Å². The number of aromatic nitrogens is 3. The van der Waals surface area contributed by atoms with Gasteiger partial charge < -0.3 is 14.6 Å². The highest BCUT2D eigenvalue weighted by Gasteiger charge is 2.33. The number of rotatable bonds is 10. The van der Waals surface area contributed by atoms with E-state index in [4.69, 9.17) is 9.47 Å². The molecule has 2 aromatic rings. The molecule has 5 atom stereocenters. The van der Waals surface area contributed by atoms with E-state index in [1.165, 1.54) is 12.8 Å². The predicted molar refractivity (Wildman–Crippen MR) is 113 cm³/mol. The standard InChI is InChI=1S/C23H35N3O3/c1-17-15-22(27)19(3)29-23(17)28-18(2)11-7-4-5-10-14-26-16-21(24-25-26)20-12-8-6-9-13-20/h6,8-9,12-13,16-19,22-23,27H,4-5,7,10-11,14-15H2,1-3H3/t17-,18-,19+,22-,23-/m1/s1. The number of ether oxygens (including phenoxy) is 2. The lowest BCUT2D eigenvalue weighted by atomic mass is 9.96. The van der Waals surface area contributed by atoms with E-state index >= 15 is 0 Å². The van der Waals surface area contributed by atoms with Crippen LogP contribution in [0.25, 0.3) is 11.3 Å². The number of hydrogen-bond donors (Lipinski definition) is 1. The Bertz CT molecular complexity index is 721. The van der Waals surface area contributed by atoms with Gasteiger partial charge in [0.15, 0.2) is 6.29 Å². The SMILES string of the molecule is C[C@H](CCCCCCn1cc(-c2ccccc2)nn1)O[C@@H]1O[C@@H](C)[C@H](O)C[C@H]1C. The predicted octanol–water partition coefficient (Wildman–Crippen LogP) is 4.43. The second-order valence-corrected chi connectivity index (χ2v) is 8.37. The molecule has 0 radical (unpaired) electrons. The third kappa shape index (κ3) is 6.63. The highest BCUT2D eigenvalue weighted by atomic mass is 16.7. The maximum Gasteiger partial charge on any atom is 0.161 e. The monoisotopic (exact) mass is 401 g/mol. The van der Waals surface area contributed by atoms with Crippen molar-refractivity contribution < 1.29 is 14.6 Å². The van der Waals surface area contributed by atoms with Crippen LogP contribution >= 0.6 is 0 Å². The van der Waals surface area contributed by atoms with Gasteiger partial charge in [-0.2, -0.15) is 0 Å². The topological polar surface area (TPSA) is 69.4 Å². The smallest absolute Gasteiger partial charge is 0.161 e. The van der Waals surface area contributed by atoms with Gasteiger partial charge in [-0.25, -0.2) is 0 Å². The van der Waals surface area contributed by atoms with Crippen LogP contribution in [0, 0.1) is 5.92 Å². The number of nitrogens with zero attached hydrogens (tertiary/aromatic N) is 3. The number of aryl methyl sites for hydroxylation is 1. The quantitative estimate of drug-likeness (QED) is 0.596. The molecule has 0 aliphatic carbocycles. The van der Waals surface area contributed by atoms with Gasteiger partial charge in [-0.15, -0.1) is 5.10 Å². The van der Waals surface area contributed by atoms with Crippen molar-refractivity contribution in [3.63, 3.8) is 0 Å². The van der Waals surface area contributed by atoms with E-state index in [0.717, 1.165) is 43.5 Å². The van der Waals surface area contributed by atoms with Crippen molar-refractivity contribution in [1.82, 2.24) is 15.0 Å². The molecule has 29 heavy (non-hydrogen) atoms. The Kier molecular flexibility index (Phi) is 8.21. The summed E-state index contributed by atoms with van der Waals surface area (Å²) in [6.45, 7) is 7.02. The molecule has 1 saturated heterocycles. The van der Waals surface area contributed by atoms with Crippen LogP contribution in [0.3, 0.4) is 0 Å². The molecule has 6 heteroatoms. The van der Waals surface area contributed by atoms with Gasteiger partial charge in [-0.1, -0.05) is 61.7 Å². The first-order valence-corrected chi connectivity index (χ1v) is 11.0. The highest BCUT2D eigenvalue weighted by Crippen LogP contribution is 2.27. The van der Waals surface area contributed by atoms with Crippen LogP contribution in [0.1, 0.15) is 59.3 Å². The van der Waals surface area contributed by atoms with Gasteiger partial charge in [0.25, 0.3) is 0 Å². The summed E-state index contributed by atoms with van der Waals surface area (Å²) in [6, 6.07) is 10.2. The molecule has 6 nitrogen and oxygen atoms in total. The van der Waals surface area contributed by atoms with E-state index in [9.17, 15) is 5.11 Å². The van der Waals surface area contributed by atoms with Crippen LogP contribution in [0.2, 0.25) is 0 Å². The lowest BCUT2D eigenvalue weighted by Crippen LogP contribution is -2.44. The Hall–Kier alpha value is -1.76. The van der Waals surface area contributed by atoms with Crippen LogP contribution in [0.4, 0.5) is 0 Å². The van der Waals surface area contributed by atoms with E-state index in [-0.39, 0.29) is 30.5 Å². The summed E-state index contributed by atoms with van der Waals surface area (Å²) < 4.78 is 13.8. The van der Waals surface area contributed by atoms with Crippen LogP contribution in [-0.2, 0) is 16.0 Å². The molecule has 2 heterocycles. The van der Waals surface area contributed by atoms with Crippen LogP contribution in [0.15, 0.2) is 36.5 Å². The minimum absolute atomic E-state index is 0.150. The lowest BCUT2D eigenvalue weighted by molar-refractivity contribution is -0.255. The molecule has 1 aliphatic heterocycles. The molecule has 1 aromatic carbocycles. The summed E-state index contributed by atoms with van der Waals surface area (Å²) in [7, 11) is 0. The second-order valence-electron chi connectivity index (χ2n) is 8.37. The highest BCUT2D eigenvalue weighted by molar-refractivity contribution is 5.57. The first-order chi connectivity index (χ1) is 14.0. The number of aliphatic hydroxyl groups is 1. The van der Waals surface area contributed by atoms with Crippen molar-refractivity contribution in [3.05, 3.63) is 36.5 Å². The Balaban J connectivity index is 1.28. The fraction of sp³-hybridized carbons (Fsp3) is 0.652. The van der Waals surface area contributed by atoms with Crippen molar-refractivity contribution in [1.29, 1.82) is 0 Å². The molecule has 0 amide bonds. The van der Waals surface area contributed by atoms with E-state index in [0.29, 0.717) is 0 Å². The summed E-state index contributed by atoms with van der Waals surface area (Å²) in [6.07, 6.45) is 7.85. The van der Waals surface area contributed by atoms with Crippen molar-refractivity contribution in [2.45, 2.75) is 90.4 Å². The van der Waals surface area contributed by atoms with E-state index in [2.05, 4.69) is 36.3 Å². The molecule has 0 saturated carbocycles. The maximum atomic E-state index is 9.87. The average Bonchev–Trinajstić information content (AvgIpc) is 3.18. The van der Waals surface area contributed by atoms with Gasteiger partial charge in [0.1, 0.15) is 5.69 Å². The molecule has 160 valence electrons. The van der Waals surface area contributed by atoms with Crippen molar-refractivity contribution >= 4 is 0 Å². The third-order valence-electron chi connectivity index (χ3n) is 5.69. The lowest BCUT2D eigenvalue weighted by Gasteiger charge is -2.37. The van der Waals surface area contributed by atoms with Gasteiger partial charge in [0, 0.05) is 18.0 Å². The summed E-state index contributed by atoms with van der Waals surface area (Å²) in [5.41, 5.74) is 2.03. The fourth-order valence-electron chi connectivity index (χ4n) is 3.79. The summed E-state index contributed by atoms with van der Waals surface area (Å²) >= 11 is 0. The van der Waals surface area contributed by atoms with Gasteiger partial charge >= 0.3 is 0 Å². The maximum absolute atomic E-state index is 9.87. The summed E-state index contributed by atoms with van der Waals surface area (Å²) in [5, 5.41) is 18.4. The first kappa shape index (κ1) is 21.9. The molecule has 1 N–H and O–H groups in total. The largest absolute Gasteiger partial charge is 0.390 e. The molecule has 0 bridgehead atoms. The Labute approximate surface area is 174 Å². The minimum atomic E-state index is -0.381. The number of hydrogen-bond acceptors (Lipinski definition) is 5. The van der Waals surface area contributed by atoms with Crippen molar-refractivity contribution in [2.75, 3.05) is 0 Å². The number of unbranched alkanes of at least 4 members (excludes halogenated alkanes) is 3. The molecule has 3 rings (SSSR count). The molecule has 1 aromatic heterocycles. The Morgan fingerprint density at radius 1 is 1.17 bits per heavy atom. The second kappa shape index (κ2) is 10.9. The minimum Gasteiger partial charge on any atom is -0.390 e. The molecule has 0 unspecified atom stereocenters. The molecule has 1 aliphatic rings. The number of aliphatic hydroxyl groups excluding tert-OH is 1. The molecule has 1 fully saturated rings. The van der Waals surface area contributed by atoms with E-state index < -0.39 is 0 Å². The Morgan fingerprint density at radius 3 is 2.72 bits per heavy atom. The van der Waals surface area contributed by atoms with Crippen LogP contribution in [-0.4, -0.2) is 44.7 Å². The summed E-state index contributed by atoms with van der Waals surface area (Å²) in [5.74, 6) is 0.229. The average molecular weight is 402 g/mol. The van der Waals surface area contributed by atoms with Gasteiger partial charge in [-0.05, 0) is 33.1 Å². The Morgan fingerprint density at radius 2 is 1.93 bits per heavy atom.